The van der Waals surface area contributed by atoms with Crippen LogP contribution in [0.4, 0.5) is 0 Å². The molecule has 0 heterocycles. The molecule has 4 heteroatoms. The van der Waals surface area contributed by atoms with Crippen LogP contribution in [0.25, 0.3) is 0 Å². The van der Waals surface area contributed by atoms with Gasteiger partial charge in [-0.2, -0.15) is 0 Å². The van der Waals surface area contributed by atoms with Gasteiger partial charge in [-0.3, -0.25) is 0 Å². The normalized spacial score (nSPS) is 10.2. The van der Waals surface area contributed by atoms with Crippen molar-refractivity contribution >= 4 is 17.3 Å². The van der Waals surface area contributed by atoms with Gasteiger partial charge in [0, 0.05) is 0 Å². The van der Waals surface area contributed by atoms with Gasteiger partial charge < -0.3 is 15.8 Å². The minimum Gasteiger partial charge on any atom is -0.492 e. The highest BCUT2D eigenvalue weighted by Gasteiger charge is 2.00. The van der Waals surface area contributed by atoms with Gasteiger partial charge in [-0.1, -0.05) is 26.0 Å². The Kier molecular flexibility index (Phi) is 5.05. The van der Waals surface area contributed by atoms with E-state index in [0.29, 0.717) is 24.2 Å². The average Bonchev–Trinajstić information content (AvgIpc) is 2.24. The third-order valence-electron chi connectivity index (χ3n) is 2.19. The molecule has 0 saturated heterocycles. The number of hydrogen-bond acceptors (Lipinski definition) is 2. The Labute approximate surface area is 102 Å². The van der Waals surface area contributed by atoms with Gasteiger partial charge in [-0.05, 0) is 35.8 Å². The standard InChI is InChI=1S/C12H18N2OS/c1-9(2)10-4-3-5-11(8-10)15-7-6-14-12(13)16/h3-5,8-9H,6-7H2,1-2H3,(H3,13,14,16). The predicted octanol–water partition coefficient (Wildman–Crippen LogP) is 2.02. The van der Waals surface area contributed by atoms with E-state index in [-0.39, 0.29) is 0 Å². The minimum absolute atomic E-state index is 0.305. The molecule has 88 valence electrons. The molecule has 0 saturated carbocycles. The molecule has 3 nitrogen and oxygen atoms in total. The van der Waals surface area contributed by atoms with Crippen LogP contribution in [-0.4, -0.2) is 18.3 Å². The van der Waals surface area contributed by atoms with Gasteiger partial charge in [-0.25, -0.2) is 0 Å². The zero-order valence-electron chi connectivity index (χ0n) is 9.69. The first-order valence-electron chi connectivity index (χ1n) is 5.35. The van der Waals surface area contributed by atoms with Crippen molar-refractivity contribution in [3.63, 3.8) is 0 Å². The van der Waals surface area contributed by atoms with E-state index in [4.69, 9.17) is 22.7 Å². The van der Waals surface area contributed by atoms with E-state index in [9.17, 15) is 0 Å². The fourth-order valence-electron chi connectivity index (χ4n) is 1.31. The van der Waals surface area contributed by atoms with E-state index in [0.717, 1.165) is 5.75 Å². The van der Waals surface area contributed by atoms with Gasteiger partial charge in [-0.15, -0.1) is 0 Å². The molecular weight excluding hydrogens is 220 g/mol. The van der Waals surface area contributed by atoms with E-state index in [1.54, 1.807) is 0 Å². The molecule has 0 bridgehead atoms. The quantitative estimate of drug-likeness (QED) is 0.608. The number of hydrogen-bond donors (Lipinski definition) is 2. The second-order valence-corrected chi connectivity index (χ2v) is 4.31. The van der Waals surface area contributed by atoms with E-state index in [1.807, 2.05) is 12.1 Å². The van der Waals surface area contributed by atoms with Crippen molar-refractivity contribution in [1.29, 1.82) is 0 Å². The number of nitrogens with two attached hydrogens (primary N) is 1. The molecule has 1 aromatic carbocycles. The van der Waals surface area contributed by atoms with Crippen molar-refractivity contribution in [2.45, 2.75) is 19.8 Å². The molecule has 0 atom stereocenters. The van der Waals surface area contributed by atoms with E-state index in [1.165, 1.54) is 5.56 Å². The number of rotatable bonds is 5. The molecule has 0 amide bonds. The molecule has 0 aliphatic rings. The summed E-state index contributed by atoms with van der Waals surface area (Å²) in [6.07, 6.45) is 0. The summed E-state index contributed by atoms with van der Waals surface area (Å²) in [5.41, 5.74) is 6.58. The predicted molar refractivity (Wildman–Crippen MR) is 70.8 cm³/mol. The lowest BCUT2D eigenvalue weighted by atomic mass is 10.0. The maximum absolute atomic E-state index is 5.57. The molecule has 0 spiro atoms. The van der Waals surface area contributed by atoms with Crippen molar-refractivity contribution in [3.8, 4) is 5.75 Å². The Bertz CT molecular complexity index is 353. The van der Waals surface area contributed by atoms with E-state index in [2.05, 4.69) is 31.3 Å². The van der Waals surface area contributed by atoms with Crippen molar-refractivity contribution in [3.05, 3.63) is 29.8 Å². The molecule has 0 aliphatic carbocycles. The van der Waals surface area contributed by atoms with Crippen molar-refractivity contribution in [2.75, 3.05) is 13.2 Å². The van der Waals surface area contributed by atoms with E-state index >= 15 is 0 Å². The van der Waals surface area contributed by atoms with Crippen LogP contribution in [0.2, 0.25) is 0 Å². The fraction of sp³-hybridized carbons (Fsp3) is 0.417. The zero-order chi connectivity index (χ0) is 12.0. The summed E-state index contributed by atoms with van der Waals surface area (Å²) in [5.74, 6) is 1.40. The van der Waals surface area contributed by atoms with Crippen LogP contribution in [-0.2, 0) is 0 Å². The minimum atomic E-state index is 0.305. The van der Waals surface area contributed by atoms with Crippen LogP contribution in [0.3, 0.4) is 0 Å². The van der Waals surface area contributed by atoms with Gasteiger partial charge in [0.05, 0.1) is 6.54 Å². The molecule has 16 heavy (non-hydrogen) atoms. The number of nitrogens with one attached hydrogen (secondary N) is 1. The van der Waals surface area contributed by atoms with Crippen LogP contribution in [0, 0.1) is 0 Å². The topological polar surface area (TPSA) is 47.3 Å². The van der Waals surface area contributed by atoms with Gasteiger partial charge in [0.25, 0.3) is 0 Å². The number of ether oxygens (including phenoxy) is 1. The number of benzene rings is 1. The third kappa shape index (κ3) is 4.49. The summed E-state index contributed by atoms with van der Waals surface area (Å²) in [6.45, 7) is 5.50. The molecule has 0 unspecified atom stereocenters. The highest BCUT2D eigenvalue weighted by molar-refractivity contribution is 7.80. The summed E-state index contributed by atoms with van der Waals surface area (Å²) < 4.78 is 5.57. The Morgan fingerprint density at radius 1 is 1.50 bits per heavy atom. The Morgan fingerprint density at radius 3 is 2.88 bits per heavy atom. The molecule has 0 aromatic heterocycles. The van der Waals surface area contributed by atoms with Crippen LogP contribution < -0.4 is 15.8 Å². The summed E-state index contributed by atoms with van der Waals surface area (Å²) in [4.78, 5) is 0. The van der Waals surface area contributed by atoms with Crippen molar-refractivity contribution < 1.29 is 4.74 Å². The summed E-state index contributed by atoms with van der Waals surface area (Å²) in [5, 5.41) is 3.14. The highest BCUT2D eigenvalue weighted by Crippen LogP contribution is 2.19. The number of thiocarbonyl (C=S) groups is 1. The fourth-order valence-corrected chi connectivity index (χ4v) is 1.41. The average molecular weight is 238 g/mol. The maximum Gasteiger partial charge on any atom is 0.163 e. The van der Waals surface area contributed by atoms with Crippen LogP contribution >= 0.6 is 12.2 Å². The van der Waals surface area contributed by atoms with Gasteiger partial charge in [0.15, 0.2) is 5.11 Å². The van der Waals surface area contributed by atoms with Gasteiger partial charge in [0.1, 0.15) is 12.4 Å². The summed E-state index contributed by atoms with van der Waals surface area (Å²) >= 11 is 4.69. The summed E-state index contributed by atoms with van der Waals surface area (Å²) in [6, 6.07) is 8.12. The van der Waals surface area contributed by atoms with Crippen LogP contribution in [0.1, 0.15) is 25.3 Å². The maximum atomic E-state index is 5.57. The second kappa shape index (κ2) is 6.33. The molecule has 0 fully saturated rings. The molecule has 0 aliphatic heterocycles. The Hall–Kier alpha value is -1.29. The smallest absolute Gasteiger partial charge is 0.163 e. The van der Waals surface area contributed by atoms with Crippen LogP contribution in [0.15, 0.2) is 24.3 Å². The lowest BCUT2D eigenvalue weighted by molar-refractivity contribution is 0.322. The lowest BCUT2D eigenvalue weighted by Crippen LogP contribution is -2.32. The third-order valence-corrected chi connectivity index (χ3v) is 2.34. The SMILES string of the molecule is CC(C)c1cccc(OCCNC(N)=S)c1. The van der Waals surface area contributed by atoms with Crippen LogP contribution in [0.5, 0.6) is 5.75 Å². The second-order valence-electron chi connectivity index (χ2n) is 3.87. The highest BCUT2D eigenvalue weighted by atomic mass is 32.1. The van der Waals surface area contributed by atoms with Crippen molar-refractivity contribution in [1.82, 2.24) is 5.32 Å². The molecule has 1 aromatic rings. The van der Waals surface area contributed by atoms with E-state index < -0.39 is 0 Å². The largest absolute Gasteiger partial charge is 0.492 e. The van der Waals surface area contributed by atoms with Gasteiger partial charge >= 0.3 is 0 Å². The Morgan fingerprint density at radius 2 is 2.25 bits per heavy atom. The first kappa shape index (κ1) is 12.8. The molecule has 3 N–H and O–H groups in total. The zero-order valence-corrected chi connectivity index (χ0v) is 10.5. The first-order valence-corrected chi connectivity index (χ1v) is 5.76. The van der Waals surface area contributed by atoms with Gasteiger partial charge in [0.2, 0.25) is 0 Å². The molecule has 0 radical (unpaired) electrons. The lowest BCUT2D eigenvalue weighted by Gasteiger charge is -2.10. The monoisotopic (exact) mass is 238 g/mol. The Balaban J connectivity index is 2.42. The summed E-state index contributed by atoms with van der Waals surface area (Å²) in [7, 11) is 0. The van der Waals surface area contributed by atoms with Crippen molar-refractivity contribution in [2.24, 2.45) is 5.73 Å². The molecular formula is C12H18N2OS. The first-order chi connectivity index (χ1) is 7.59. The molecule has 1 rings (SSSR count).